The second-order valence-corrected chi connectivity index (χ2v) is 6.12. The maximum Gasteiger partial charge on any atom is 0.261 e. The molecule has 1 amide bonds. The number of rotatable bonds is 8. The molecule has 0 saturated heterocycles. The minimum Gasteiger partial charge on any atom is -0.357 e. The highest BCUT2D eigenvalue weighted by Gasteiger charge is 2.20. The quantitative estimate of drug-likeness (QED) is 0.254. The third kappa shape index (κ3) is 7.44. The average molecular weight is 436 g/mol. The predicted octanol–water partition coefficient (Wildman–Crippen LogP) is 2.45. The molecule has 1 heterocycles. The lowest BCUT2D eigenvalue weighted by Crippen LogP contribution is -2.39. The highest BCUT2D eigenvalue weighted by Crippen LogP contribution is 2.28. The van der Waals surface area contributed by atoms with Gasteiger partial charge in [0.05, 0.1) is 4.88 Å². The summed E-state index contributed by atoms with van der Waals surface area (Å²) in [5.74, 6) is 1.69. The molecule has 5 nitrogen and oxygen atoms in total. The molecular weight excluding hydrogens is 411 g/mol. The van der Waals surface area contributed by atoms with Gasteiger partial charge < -0.3 is 16.0 Å². The Hall–Kier alpha value is -0.830. The van der Waals surface area contributed by atoms with E-state index in [1.165, 1.54) is 24.2 Å². The van der Waals surface area contributed by atoms with Crippen molar-refractivity contribution in [2.45, 2.75) is 26.2 Å². The Morgan fingerprint density at radius 2 is 2.09 bits per heavy atom. The maximum atomic E-state index is 11.7. The first kappa shape index (κ1) is 19.2. The molecule has 0 aliphatic heterocycles. The van der Waals surface area contributed by atoms with Crippen LogP contribution in [0.15, 0.2) is 22.5 Å². The van der Waals surface area contributed by atoms with E-state index in [1.807, 2.05) is 17.5 Å². The van der Waals surface area contributed by atoms with E-state index in [9.17, 15) is 4.79 Å². The number of carbonyl (C=O) groups is 1. The van der Waals surface area contributed by atoms with Gasteiger partial charge in [0.2, 0.25) is 0 Å². The van der Waals surface area contributed by atoms with Crippen LogP contribution in [-0.2, 0) is 0 Å². The highest BCUT2D eigenvalue weighted by molar-refractivity contribution is 14.0. The minimum atomic E-state index is 0. The van der Waals surface area contributed by atoms with E-state index < -0.39 is 0 Å². The zero-order chi connectivity index (χ0) is 14.9. The van der Waals surface area contributed by atoms with E-state index >= 15 is 0 Å². The fraction of sp³-hybridized carbons (Fsp3) is 0.600. The Morgan fingerprint density at radius 3 is 2.73 bits per heavy atom. The minimum absolute atomic E-state index is 0. The van der Waals surface area contributed by atoms with Crippen molar-refractivity contribution in [3.8, 4) is 0 Å². The van der Waals surface area contributed by atoms with Crippen molar-refractivity contribution in [3.63, 3.8) is 0 Å². The van der Waals surface area contributed by atoms with Crippen molar-refractivity contribution in [2.24, 2.45) is 10.9 Å². The van der Waals surface area contributed by atoms with Crippen molar-refractivity contribution < 1.29 is 4.79 Å². The van der Waals surface area contributed by atoms with Crippen LogP contribution >= 0.6 is 35.3 Å². The first-order valence-electron chi connectivity index (χ1n) is 7.63. The summed E-state index contributed by atoms with van der Waals surface area (Å²) >= 11 is 1.46. The first-order valence-corrected chi connectivity index (χ1v) is 8.51. The Kier molecular flexibility index (Phi) is 9.45. The van der Waals surface area contributed by atoms with Crippen LogP contribution in [0.25, 0.3) is 0 Å². The molecule has 124 valence electrons. The first-order chi connectivity index (χ1) is 10.3. The molecule has 0 spiro atoms. The van der Waals surface area contributed by atoms with Crippen molar-refractivity contribution in [3.05, 3.63) is 22.4 Å². The molecule has 1 aliphatic carbocycles. The van der Waals surface area contributed by atoms with Gasteiger partial charge in [0.1, 0.15) is 0 Å². The van der Waals surface area contributed by atoms with Crippen LogP contribution < -0.4 is 16.0 Å². The summed E-state index contributed by atoms with van der Waals surface area (Å²) in [6.07, 6.45) is 3.51. The number of hydrogen-bond acceptors (Lipinski definition) is 3. The lowest BCUT2D eigenvalue weighted by Gasteiger charge is -2.11. The van der Waals surface area contributed by atoms with Crippen molar-refractivity contribution in [1.29, 1.82) is 0 Å². The van der Waals surface area contributed by atoms with Gasteiger partial charge in [0.25, 0.3) is 5.91 Å². The SMILES string of the molecule is CCNC(=NCC1CC1)NCCCNC(=O)c1cccs1.I. The number of guanidine groups is 1. The summed E-state index contributed by atoms with van der Waals surface area (Å²) in [4.78, 5) is 17.1. The predicted molar refractivity (Wildman–Crippen MR) is 103 cm³/mol. The van der Waals surface area contributed by atoms with Gasteiger partial charge in [0.15, 0.2) is 5.96 Å². The van der Waals surface area contributed by atoms with E-state index in [0.29, 0.717) is 6.54 Å². The van der Waals surface area contributed by atoms with Crippen molar-refractivity contribution >= 4 is 47.2 Å². The second kappa shape index (κ2) is 10.8. The van der Waals surface area contributed by atoms with Crippen LogP contribution in [0.4, 0.5) is 0 Å². The lowest BCUT2D eigenvalue weighted by atomic mass is 10.4. The number of carbonyl (C=O) groups excluding carboxylic acids is 1. The third-order valence-electron chi connectivity index (χ3n) is 3.23. The summed E-state index contributed by atoms with van der Waals surface area (Å²) in [7, 11) is 0. The Balaban J connectivity index is 0.00000242. The molecule has 2 rings (SSSR count). The average Bonchev–Trinajstić information content (AvgIpc) is 3.15. The number of hydrogen-bond donors (Lipinski definition) is 3. The molecule has 0 atom stereocenters. The van der Waals surface area contributed by atoms with Crippen LogP contribution in [0.3, 0.4) is 0 Å². The van der Waals surface area contributed by atoms with Crippen molar-refractivity contribution in [2.75, 3.05) is 26.2 Å². The molecule has 0 bridgehead atoms. The number of aliphatic imine (C=N–C) groups is 1. The van der Waals surface area contributed by atoms with Crippen LogP contribution in [-0.4, -0.2) is 38.0 Å². The van der Waals surface area contributed by atoms with E-state index in [2.05, 4.69) is 27.9 Å². The number of nitrogens with one attached hydrogen (secondary N) is 3. The van der Waals surface area contributed by atoms with Gasteiger partial charge in [-0.15, -0.1) is 35.3 Å². The number of nitrogens with zero attached hydrogens (tertiary/aromatic N) is 1. The van der Waals surface area contributed by atoms with Gasteiger partial charge in [-0.3, -0.25) is 9.79 Å². The monoisotopic (exact) mass is 436 g/mol. The summed E-state index contributed by atoms with van der Waals surface area (Å²) in [6.45, 7) is 5.33. The smallest absolute Gasteiger partial charge is 0.261 e. The zero-order valence-corrected chi connectivity index (χ0v) is 16.1. The van der Waals surface area contributed by atoms with Crippen LogP contribution in [0.2, 0.25) is 0 Å². The number of halogens is 1. The molecular formula is C15H25IN4OS. The van der Waals surface area contributed by atoms with Crippen molar-refractivity contribution in [1.82, 2.24) is 16.0 Å². The van der Waals surface area contributed by atoms with Crippen LogP contribution in [0.5, 0.6) is 0 Å². The summed E-state index contributed by atoms with van der Waals surface area (Å²) < 4.78 is 0. The molecule has 0 aromatic carbocycles. The van der Waals surface area contributed by atoms with Gasteiger partial charge >= 0.3 is 0 Å². The van der Waals surface area contributed by atoms with Crippen LogP contribution in [0.1, 0.15) is 35.9 Å². The summed E-state index contributed by atoms with van der Waals surface area (Å²) in [6, 6.07) is 3.73. The zero-order valence-electron chi connectivity index (χ0n) is 12.9. The molecule has 0 radical (unpaired) electrons. The Bertz CT molecular complexity index is 460. The fourth-order valence-electron chi connectivity index (χ4n) is 1.85. The lowest BCUT2D eigenvalue weighted by molar-refractivity contribution is 0.0957. The third-order valence-corrected chi connectivity index (χ3v) is 4.09. The standard InChI is InChI=1S/C15H24N4OS.HI/c1-2-16-15(19-11-12-6-7-12)18-9-4-8-17-14(20)13-5-3-10-21-13;/h3,5,10,12H,2,4,6-9,11H2,1H3,(H,17,20)(H2,16,18,19);1H. The molecule has 1 aromatic rings. The molecule has 3 N–H and O–H groups in total. The molecule has 1 saturated carbocycles. The van der Waals surface area contributed by atoms with E-state index in [1.54, 1.807) is 0 Å². The normalized spacial score (nSPS) is 14.1. The summed E-state index contributed by atoms with van der Waals surface area (Å²) in [5, 5.41) is 11.4. The van der Waals surface area contributed by atoms with Gasteiger partial charge in [-0.2, -0.15) is 0 Å². The van der Waals surface area contributed by atoms with Gasteiger partial charge in [-0.25, -0.2) is 0 Å². The topological polar surface area (TPSA) is 65.5 Å². The van der Waals surface area contributed by atoms with Gasteiger partial charge in [-0.05, 0) is 43.6 Å². The fourth-order valence-corrected chi connectivity index (χ4v) is 2.49. The van der Waals surface area contributed by atoms with E-state index in [4.69, 9.17) is 0 Å². The Morgan fingerprint density at radius 1 is 1.32 bits per heavy atom. The van der Waals surface area contributed by atoms with Crippen LogP contribution in [0, 0.1) is 5.92 Å². The molecule has 0 unspecified atom stereocenters. The molecule has 1 fully saturated rings. The Labute approximate surface area is 153 Å². The van der Waals surface area contributed by atoms with E-state index in [0.717, 1.165) is 42.8 Å². The van der Waals surface area contributed by atoms with E-state index in [-0.39, 0.29) is 29.9 Å². The number of amides is 1. The second-order valence-electron chi connectivity index (χ2n) is 5.18. The number of thiophene rings is 1. The molecule has 1 aliphatic rings. The summed E-state index contributed by atoms with van der Waals surface area (Å²) in [5.41, 5.74) is 0. The van der Waals surface area contributed by atoms with Gasteiger partial charge in [0, 0.05) is 26.2 Å². The van der Waals surface area contributed by atoms with Gasteiger partial charge in [-0.1, -0.05) is 6.07 Å². The molecule has 22 heavy (non-hydrogen) atoms. The maximum absolute atomic E-state index is 11.7. The largest absolute Gasteiger partial charge is 0.357 e. The highest BCUT2D eigenvalue weighted by atomic mass is 127. The molecule has 7 heteroatoms. The molecule has 1 aromatic heterocycles.